The average Bonchev–Trinajstić information content (AvgIpc) is 2.63. The van der Waals surface area contributed by atoms with Crippen molar-refractivity contribution >= 4 is 17.6 Å². The molecule has 3 nitrogen and oxygen atoms in total. The van der Waals surface area contributed by atoms with E-state index in [2.05, 4.69) is 34.5 Å². The largest absolute Gasteiger partial charge is 0.382 e. The van der Waals surface area contributed by atoms with Gasteiger partial charge in [0.25, 0.3) is 0 Å². The van der Waals surface area contributed by atoms with Crippen molar-refractivity contribution in [2.45, 2.75) is 5.92 Å². The van der Waals surface area contributed by atoms with Crippen molar-refractivity contribution in [2.24, 2.45) is 0 Å². The number of aromatic amines is 1. The molecule has 0 atom stereocenters. The van der Waals surface area contributed by atoms with Crippen LogP contribution >= 0.6 is 11.8 Å². The summed E-state index contributed by atoms with van der Waals surface area (Å²) in [5, 5.41) is 6.85. The molecule has 1 aromatic heterocycles. The fourth-order valence-corrected chi connectivity index (χ4v) is 2.70. The lowest BCUT2D eigenvalue weighted by atomic mass is 10.00. The highest BCUT2D eigenvalue weighted by Crippen LogP contribution is 2.34. The minimum Gasteiger partial charge on any atom is -0.382 e. The molecular formula is C12H13N3S. The van der Waals surface area contributed by atoms with Crippen LogP contribution in [0.25, 0.3) is 11.3 Å². The first-order valence-electron chi connectivity index (χ1n) is 5.32. The van der Waals surface area contributed by atoms with Gasteiger partial charge in [-0.3, -0.25) is 5.10 Å². The molecule has 2 heterocycles. The first-order valence-corrected chi connectivity index (χ1v) is 6.47. The Morgan fingerprint density at radius 3 is 2.50 bits per heavy atom. The van der Waals surface area contributed by atoms with Crippen LogP contribution in [0.2, 0.25) is 0 Å². The Morgan fingerprint density at radius 2 is 2.00 bits per heavy atom. The van der Waals surface area contributed by atoms with Crippen LogP contribution in [-0.4, -0.2) is 21.7 Å². The van der Waals surface area contributed by atoms with Crippen molar-refractivity contribution in [3.05, 3.63) is 35.9 Å². The second-order valence-electron chi connectivity index (χ2n) is 4.06. The van der Waals surface area contributed by atoms with Crippen molar-refractivity contribution in [3.8, 4) is 11.3 Å². The van der Waals surface area contributed by atoms with Gasteiger partial charge in [-0.2, -0.15) is 16.9 Å². The summed E-state index contributed by atoms with van der Waals surface area (Å²) in [7, 11) is 0. The molecule has 0 amide bonds. The van der Waals surface area contributed by atoms with Crippen LogP contribution in [0.1, 0.15) is 11.5 Å². The van der Waals surface area contributed by atoms with Gasteiger partial charge < -0.3 is 5.73 Å². The van der Waals surface area contributed by atoms with Crippen LogP contribution in [0.3, 0.4) is 0 Å². The van der Waals surface area contributed by atoms with Crippen molar-refractivity contribution in [1.29, 1.82) is 0 Å². The molecule has 3 rings (SSSR count). The normalized spacial score (nSPS) is 16.0. The van der Waals surface area contributed by atoms with E-state index in [1.54, 1.807) is 0 Å². The number of aromatic nitrogens is 2. The number of benzene rings is 1. The number of rotatable bonds is 2. The number of anilines is 1. The van der Waals surface area contributed by atoms with E-state index in [4.69, 9.17) is 5.73 Å². The monoisotopic (exact) mass is 231 g/mol. The van der Waals surface area contributed by atoms with Gasteiger partial charge in [-0.15, -0.1) is 0 Å². The number of hydrogen-bond acceptors (Lipinski definition) is 3. The van der Waals surface area contributed by atoms with Crippen molar-refractivity contribution in [1.82, 2.24) is 10.2 Å². The van der Waals surface area contributed by atoms with E-state index in [1.165, 1.54) is 17.1 Å². The molecule has 1 aromatic carbocycles. The van der Waals surface area contributed by atoms with Crippen LogP contribution in [0, 0.1) is 0 Å². The third-order valence-corrected chi connectivity index (χ3v) is 4.20. The molecule has 4 heteroatoms. The Morgan fingerprint density at radius 1 is 1.25 bits per heavy atom. The summed E-state index contributed by atoms with van der Waals surface area (Å²) in [4.78, 5) is 0. The third-order valence-electron chi connectivity index (χ3n) is 2.93. The predicted molar refractivity (Wildman–Crippen MR) is 68.5 cm³/mol. The molecule has 2 aromatic rings. The Hall–Kier alpha value is -1.42. The highest BCUT2D eigenvalue weighted by Gasteiger charge is 2.19. The summed E-state index contributed by atoms with van der Waals surface area (Å²) in [5.41, 5.74) is 9.14. The summed E-state index contributed by atoms with van der Waals surface area (Å²) >= 11 is 2.01. The molecule has 3 N–H and O–H groups in total. The van der Waals surface area contributed by atoms with Crippen LogP contribution in [0.15, 0.2) is 30.3 Å². The van der Waals surface area contributed by atoms with E-state index in [0.717, 1.165) is 17.2 Å². The van der Waals surface area contributed by atoms with Crippen LogP contribution < -0.4 is 5.73 Å². The highest BCUT2D eigenvalue weighted by molar-refractivity contribution is 8.00. The van der Waals surface area contributed by atoms with Gasteiger partial charge in [0.05, 0.1) is 5.69 Å². The number of thioether (sulfide) groups is 1. The van der Waals surface area contributed by atoms with Gasteiger partial charge in [0.1, 0.15) is 5.82 Å². The number of nitrogen functional groups attached to an aromatic ring is 1. The molecule has 0 aliphatic carbocycles. The zero-order chi connectivity index (χ0) is 11.0. The zero-order valence-corrected chi connectivity index (χ0v) is 9.63. The first-order chi connectivity index (χ1) is 7.83. The number of nitrogens with one attached hydrogen (secondary N) is 1. The van der Waals surface area contributed by atoms with Crippen LogP contribution in [0.5, 0.6) is 0 Å². The smallest absolute Gasteiger partial charge is 0.145 e. The predicted octanol–water partition coefficient (Wildman–Crippen LogP) is 2.49. The zero-order valence-electron chi connectivity index (χ0n) is 8.81. The fourth-order valence-electron chi connectivity index (χ4n) is 1.85. The molecule has 16 heavy (non-hydrogen) atoms. The molecule has 1 aliphatic rings. The molecular weight excluding hydrogens is 218 g/mol. The minimum absolute atomic E-state index is 0.537. The molecule has 0 bridgehead atoms. The maximum atomic E-state index is 5.58. The van der Waals surface area contributed by atoms with Gasteiger partial charge >= 0.3 is 0 Å². The third kappa shape index (κ3) is 1.69. The molecule has 0 saturated carbocycles. The van der Waals surface area contributed by atoms with Gasteiger partial charge in [-0.05, 0) is 11.1 Å². The average molecular weight is 231 g/mol. The van der Waals surface area contributed by atoms with E-state index in [1.807, 2.05) is 17.8 Å². The summed E-state index contributed by atoms with van der Waals surface area (Å²) in [6.07, 6.45) is 0. The molecule has 82 valence electrons. The number of nitrogens with zero attached hydrogens (tertiary/aromatic N) is 1. The SMILES string of the molecule is Nc1cc(-c2ccc(C3CSC3)cc2)[nH]n1. The van der Waals surface area contributed by atoms with Crippen molar-refractivity contribution < 1.29 is 0 Å². The minimum atomic E-state index is 0.537. The molecule has 0 radical (unpaired) electrons. The maximum Gasteiger partial charge on any atom is 0.145 e. The van der Waals surface area contributed by atoms with Crippen molar-refractivity contribution in [2.75, 3.05) is 17.2 Å². The maximum absolute atomic E-state index is 5.58. The number of H-pyrrole nitrogens is 1. The lowest BCUT2D eigenvalue weighted by molar-refractivity contribution is 0.850. The summed E-state index contributed by atoms with van der Waals surface area (Å²) < 4.78 is 0. The van der Waals surface area contributed by atoms with Crippen LogP contribution in [0.4, 0.5) is 5.82 Å². The topological polar surface area (TPSA) is 54.7 Å². The standard InChI is InChI=1S/C12H13N3S/c13-12-5-11(14-15-12)9-3-1-8(2-4-9)10-6-16-7-10/h1-5,10H,6-7H2,(H3,13,14,15). The van der Waals surface area contributed by atoms with E-state index in [9.17, 15) is 0 Å². The Balaban J connectivity index is 1.86. The molecule has 1 aliphatic heterocycles. The van der Waals surface area contributed by atoms with E-state index < -0.39 is 0 Å². The number of nitrogens with two attached hydrogens (primary N) is 1. The quantitative estimate of drug-likeness (QED) is 0.835. The first kappa shape index (κ1) is 9.78. The summed E-state index contributed by atoms with van der Waals surface area (Å²) in [6, 6.07) is 10.5. The Bertz CT molecular complexity index is 485. The molecule has 1 saturated heterocycles. The van der Waals surface area contributed by atoms with Gasteiger partial charge in [-0.25, -0.2) is 0 Å². The summed E-state index contributed by atoms with van der Waals surface area (Å²) in [6.45, 7) is 0. The molecule has 0 spiro atoms. The Labute approximate surface area is 98.4 Å². The van der Waals surface area contributed by atoms with Crippen LogP contribution in [-0.2, 0) is 0 Å². The number of hydrogen-bond donors (Lipinski definition) is 2. The molecule has 1 fully saturated rings. The second-order valence-corrected chi connectivity index (χ2v) is 5.14. The van der Waals surface area contributed by atoms with Crippen molar-refractivity contribution in [3.63, 3.8) is 0 Å². The van der Waals surface area contributed by atoms with E-state index in [-0.39, 0.29) is 0 Å². The summed E-state index contributed by atoms with van der Waals surface area (Å²) in [5.74, 6) is 3.81. The fraction of sp³-hybridized carbons (Fsp3) is 0.250. The van der Waals surface area contributed by atoms with E-state index in [0.29, 0.717) is 5.82 Å². The second kappa shape index (κ2) is 3.87. The lowest BCUT2D eigenvalue weighted by Crippen LogP contribution is -2.15. The highest BCUT2D eigenvalue weighted by atomic mass is 32.2. The Kier molecular flexibility index (Phi) is 2.36. The lowest BCUT2D eigenvalue weighted by Gasteiger charge is -2.25. The van der Waals surface area contributed by atoms with Gasteiger partial charge in [-0.1, -0.05) is 24.3 Å². The van der Waals surface area contributed by atoms with Gasteiger partial charge in [0.2, 0.25) is 0 Å². The van der Waals surface area contributed by atoms with E-state index >= 15 is 0 Å². The molecule has 0 unspecified atom stereocenters. The van der Waals surface area contributed by atoms with Gasteiger partial charge in [0.15, 0.2) is 0 Å². The van der Waals surface area contributed by atoms with Gasteiger partial charge in [0, 0.05) is 23.5 Å².